The Morgan fingerprint density at radius 3 is 2.33 bits per heavy atom. The Balaban J connectivity index is 1.84. The van der Waals surface area contributed by atoms with Crippen molar-refractivity contribution < 1.29 is 4.92 Å². The van der Waals surface area contributed by atoms with Gasteiger partial charge in [-0.15, -0.1) is 0 Å². The van der Waals surface area contributed by atoms with Gasteiger partial charge in [0.1, 0.15) is 0 Å². The van der Waals surface area contributed by atoms with Crippen LogP contribution in [0.25, 0.3) is 0 Å². The minimum absolute atomic E-state index is 0.158. The third-order valence-electron chi connectivity index (χ3n) is 4.15. The fourth-order valence-corrected chi connectivity index (χ4v) is 3.00. The van der Waals surface area contributed by atoms with Crippen molar-refractivity contribution in [3.05, 3.63) is 34.4 Å². The van der Waals surface area contributed by atoms with Crippen LogP contribution in [0.15, 0.2) is 24.3 Å². The molecule has 1 heterocycles. The highest BCUT2D eigenvalue weighted by Crippen LogP contribution is 2.21. The molecule has 0 radical (unpaired) electrons. The molecule has 1 aliphatic rings. The summed E-state index contributed by atoms with van der Waals surface area (Å²) in [7, 11) is 0. The number of nitro benzene ring substituents is 1. The summed E-state index contributed by atoms with van der Waals surface area (Å²) in [5, 5.41) is 10.7. The Labute approximate surface area is 126 Å². The van der Waals surface area contributed by atoms with Crippen LogP contribution in [0.1, 0.15) is 26.7 Å². The van der Waals surface area contributed by atoms with Crippen molar-refractivity contribution in [2.75, 3.05) is 37.6 Å². The number of benzene rings is 1. The van der Waals surface area contributed by atoms with E-state index in [-0.39, 0.29) is 10.6 Å². The third kappa shape index (κ3) is 4.43. The molecular formula is C16H25N3O2. The summed E-state index contributed by atoms with van der Waals surface area (Å²) >= 11 is 0. The number of nitro groups is 1. The number of anilines is 1. The number of hydrogen-bond donors (Lipinski definition) is 0. The Kier molecular flexibility index (Phi) is 5.56. The first-order chi connectivity index (χ1) is 10.1. The molecule has 0 aromatic heterocycles. The van der Waals surface area contributed by atoms with Gasteiger partial charge in [0.15, 0.2) is 0 Å². The second kappa shape index (κ2) is 7.41. The van der Waals surface area contributed by atoms with E-state index in [9.17, 15) is 10.1 Å². The molecule has 1 fully saturated rings. The molecule has 1 aliphatic heterocycles. The maximum Gasteiger partial charge on any atom is 0.269 e. The smallest absolute Gasteiger partial charge is 0.269 e. The van der Waals surface area contributed by atoms with Crippen molar-refractivity contribution in [3.63, 3.8) is 0 Å². The monoisotopic (exact) mass is 291 g/mol. The predicted octanol–water partition coefficient (Wildman–Crippen LogP) is 3.15. The van der Waals surface area contributed by atoms with E-state index >= 15 is 0 Å². The lowest BCUT2D eigenvalue weighted by atomic mass is 10.1. The van der Waals surface area contributed by atoms with Crippen molar-refractivity contribution in [2.45, 2.75) is 26.7 Å². The van der Waals surface area contributed by atoms with Crippen LogP contribution in [0.5, 0.6) is 0 Å². The average Bonchev–Trinajstić information content (AvgIpc) is 2.48. The number of rotatable bonds is 6. The lowest BCUT2D eigenvalue weighted by Crippen LogP contribution is -2.47. The van der Waals surface area contributed by atoms with E-state index in [1.54, 1.807) is 12.1 Å². The minimum atomic E-state index is -0.350. The predicted molar refractivity (Wildman–Crippen MR) is 85.8 cm³/mol. The molecule has 0 saturated carbocycles. The second-order valence-electron chi connectivity index (χ2n) is 5.96. The fourth-order valence-electron chi connectivity index (χ4n) is 3.00. The van der Waals surface area contributed by atoms with Gasteiger partial charge in [0.2, 0.25) is 0 Å². The van der Waals surface area contributed by atoms with E-state index in [1.807, 2.05) is 12.1 Å². The molecule has 0 N–H and O–H groups in total. The van der Waals surface area contributed by atoms with Gasteiger partial charge in [-0.3, -0.25) is 15.0 Å². The molecule has 0 amide bonds. The average molecular weight is 291 g/mol. The molecule has 0 aliphatic carbocycles. The molecule has 21 heavy (non-hydrogen) atoms. The SMILES string of the molecule is CCCC(C)CN1CCN(c2ccc([N+](=O)[O-])cc2)CC1. The first-order valence-electron chi connectivity index (χ1n) is 7.82. The van der Waals surface area contributed by atoms with Gasteiger partial charge in [0.25, 0.3) is 5.69 Å². The largest absolute Gasteiger partial charge is 0.369 e. The molecule has 1 aromatic carbocycles. The second-order valence-corrected chi connectivity index (χ2v) is 5.96. The topological polar surface area (TPSA) is 49.6 Å². The van der Waals surface area contributed by atoms with Crippen LogP contribution in [-0.2, 0) is 0 Å². The van der Waals surface area contributed by atoms with Crippen LogP contribution in [0.4, 0.5) is 11.4 Å². The van der Waals surface area contributed by atoms with Gasteiger partial charge >= 0.3 is 0 Å². The van der Waals surface area contributed by atoms with Crippen LogP contribution in [0, 0.1) is 16.0 Å². The van der Waals surface area contributed by atoms with Crippen molar-refractivity contribution in [1.82, 2.24) is 4.90 Å². The molecule has 116 valence electrons. The Hall–Kier alpha value is -1.62. The number of piperazine rings is 1. The summed E-state index contributed by atoms with van der Waals surface area (Å²) in [5.41, 5.74) is 1.24. The van der Waals surface area contributed by atoms with E-state index in [1.165, 1.54) is 19.4 Å². The van der Waals surface area contributed by atoms with E-state index in [4.69, 9.17) is 0 Å². The van der Waals surface area contributed by atoms with Gasteiger partial charge in [-0.05, 0) is 24.5 Å². The first kappa shape index (κ1) is 15.8. The lowest BCUT2D eigenvalue weighted by molar-refractivity contribution is -0.384. The number of hydrogen-bond acceptors (Lipinski definition) is 4. The van der Waals surface area contributed by atoms with Crippen LogP contribution in [0.3, 0.4) is 0 Å². The molecule has 1 saturated heterocycles. The quantitative estimate of drug-likeness (QED) is 0.597. The standard InChI is InChI=1S/C16H25N3O2/c1-3-4-14(2)13-17-9-11-18(12-10-17)15-5-7-16(8-6-15)19(20)21/h5-8,14H,3-4,9-13H2,1-2H3. The molecule has 1 unspecified atom stereocenters. The van der Waals surface area contributed by atoms with Crippen LogP contribution >= 0.6 is 0 Å². The Morgan fingerprint density at radius 1 is 1.19 bits per heavy atom. The highest BCUT2D eigenvalue weighted by atomic mass is 16.6. The van der Waals surface area contributed by atoms with Gasteiger partial charge in [-0.2, -0.15) is 0 Å². The summed E-state index contributed by atoms with van der Waals surface area (Å²) in [6, 6.07) is 6.89. The van der Waals surface area contributed by atoms with Crippen molar-refractivity contribution >= 4 is 11.4 Å². The van der Waals surface area contributed by atoms with E-state index in [0.29, 0.717) is 0 Å². The summed E-state index contributed by atoms with van der Waals surface area (Å²) in [6.45, 7) is 9.89. The summed E-state index contributed by atoms with van der Waals surface area (Å²) in [6.07, 6.45) is 2.55. The molecule has 1 aromatic rings. The summed E-state index contributed by atoms with van der Waals surface area (Å²) in [4.78, 5) is 15.2. The van der Waals surface area contributed by atoms with E-state index in [0.717, 1.165) is 37.8 Å². The Bertz CT molecular complexity index is 453. The van der Waals surface area contributed by atoms with E-state index in [2.05, 4.69) is 23.6 Å². The normalized spacial score (nSPS) is 17.7. The molecule has 0 bridgehead atoms. The number of non-ortho nitro benzene ring substituents is 1. The zero-order chi connectivity index (χ0) is 15.2. The maximum atomic E-state index is 10.7. The van der Waals surface area contributed by atoms with Gasteiger partial charge in [-0.1, -0.05) is 20.3 Å². The van der Waals surface area contributed by atoms with Crippen molar-refractivity contribution in [3.8, 4) is 0 Å². The molecular weight excluding hydrogens is 266 g/mol. The molecule has 5 heteroatoms. The molecule has 2 rings (SSSR count). The van der Waals surface area contributed by atoms with Crippen molar-refractivity contribution in [1.29, 1.82) is 0 Å². The lowest BCUT2D eigenvalue weighted by Gasteiger charge is -2.37. The highest BCUT2D eigenvalue weighted by Gasteiger charge is 2.19. The third-order valence-corrected chi connectivity index (χ3v) is 4.15. The van der Waals surface area contributed by atoms with Gasteiger partial charge in [-0.25, -0.2) is 0 Å². The maximum absolute atomic E-state index is 10.7. The van der Waals surface area contributed by atoms with Gasteiger partial charge in [0.05, 0.1) is 4.92 Å². The van der Waals surface area contributed by atoms with Crippen LogP contribution in [0.2, 0.25) is 0 Å². The zero-order valence-electron chi connectivity index (χ0n) is 13.0. The zero-order valence-corrected chi connectivity index (χ0v) is 13.0. The van der Waals surface area contributed by atoms with Crippen LogP contribution < -0.4 is 4.90 Å². The molecule has 0 spiro atoms. The summed E-state index contributed by atoms with van der Waals surface area (Å²) < 4.78 is 0. The highest BCUT2D eigenvalue weighted by molar-refractivity contribution is 5.51. The Morgan fingerprint density at radius 2 is 1.81 bits per heavy atom. The molecule has 1 atom stereocenters. The van der Waals surface area contributed by atoms with E-state index < -0.39 is 0 Å². The first-order valence-corrected chi connectivity index (χ1v) is 7.82. The summed E-state index contributed by atoms with van der Waals surface area (Å²) in [5.74, 6) is 0.765. The minimum Gasteiger partial charge on any atom is -0.369 e. The van der Waals surface area contributed by atoms with Gasteiger partial charge < -0.3 is 4.90 Å². The van der Waals surface area contributed by atoms with Crippen LogP contribution in [-0.4, -0.2) is 42.5 Å². The van der Waals surface area contributed by atoms with Gasteiger partial charge in [0, 0.05) is 50.5 Å². The number of nitrogens with zero attached hydrogens (tertiary/aromatic N) is 3. The molecule has 5 nitrogen and oxygen atoms in total. The van der Waals surface area contributed by atoms with Crippen molar-refractivity contribution in [2.24, 2.45) is 5.92 Å². The fraction of sp³-hybridized carbons (Fsp3) is 0.625.